The minimum Gasteiger partial charge on any atom is -0.339 e. The van der Waals surface area contributed by atoms with E-state index in [1.54, 1.807) is 30.1 Å². The van der Waals surface area contributed by atoms with Crippen molar-refractivity contribution in [3.05, 3.63) is 35.6 Å². The van der Waals surface area contributed by atoms with Crippen LogP contribution in [0.2, 0.25) is 0 Å². The molecule has 0 atom stereocenters. The fourth-order valence-electron chi connectivity index (χ4n) is 2.74. The van der Waals surface area contributed by atoms with Crippen LogP contribution >= 0.6 is 0 Å². The molecule has 4 heteroatoms. The lowest BCUT2D eigenvalue weighted by atomic mass is 9.90. The quantitative estimate of drug-likeness (QED) is 0.909. The summed E-state index contributed by atoms with van der Waals surface area (Å²) in [5, 5.41) is 3.27. The predicted octanol–water partition coefficient (Wildman–Crippen LogP) is 2.43. The fraction of sp³-hybridized carbons (Fsp3) is 0.533. The summed E-state index contributed by atoms with van der Waals surface area (Å²) in [6.07, 6.45) is 4.08. The first kappa shape index (κ1) is 14.0. The van der Waals surface area contributed by atoms with Crippen LogP contribution in [0.25, 0.3) is 0 Å². The second kappa shape index (κ2) is 6.15. The first-order valence-electron chi connectivity index (χ1n) is 6.82. The molecule has 0 radical (unpaired) electrons. The lowest BCUT2D eigenvalue weighted by Crippen LogP contribution is -2.42. The predicted molar refractivity (Wildman–Crippen MR) is 73.6 cm³/mol. The average molecular weight is 264 g/mol. The highest BCUT2D eigenvalue weighted by atomic mass is 19.1. The summed E-state index contributed by atoms with van der Waals surface area (Å²) in [5.74, 6) is -0.658. The lowest BCUT2D eigenvalue weighted by molar-refractivity contribution is 0.0681. The maximum Gasteiger partial charge on any atom is 0.256 e. The van der Waals surface area contributed by atoms with Crippen LogP contribution in [0.5, 0.6) is 0 Å². The van der Waals surface area contributed by atoms with E-state index in [0.717, 1.165) is 25.7 Å². The molecule has 0 spiro atoms. The number of carbonyl (C=O) groups is 1. The van der Waals surface area contributed by atoms with E-state index in [1.165, 1.54) is 6.07 Å². The normalized spacial score (nSPS) is 23.1. The van der Waals surface area contributed by atoms with Gasteiger partial charge in [-0.05, 0) is 44.9 Å². The van der Waals surface area contributed by atoms with Gasteiger partial charge in [-0.25, -0.2) is 4.39 Å². The summed E-state index contributed by atoms with van der Waals surface area (Å²) in [7, 11) is 3.75. The second-order valence-corrected chi connectivity index (χ2v) is 5.19. The highest BCUT2D eigenvalue weighted by molar-refractivity contribution is 5.94. The van der Waals surface area contributed by atoms with Gasteiger partial charge in [-0.1, -0.05) is 12.1 Å². The Balaban J connectivity index is 2.02. The van der Waals surface area contributed by atoms with Crippen molar-refractivity contribution in [3.8, 4) is 0 Å². The van der Waals surface area contributed by atoms with Crippen LogP contribution in [0.4, 0.5) is 4.39 Å². The molecule has 19 heavy (non-hydrogen) atoms. The molecule has 1 aromatic carbocycles. The van der Waals surface area contributed by atoms with Crippen molar-refractivity contribution in [1.29, 1.82) is 0 Å². The number of halogens is 1. The molecule has 1 N–H and O–H groups in total. The SMILES string of the molecule is CNC1CCC(N(C)C(=O)c2ccccc2F)CC1. The monoisotopic (exact) mass is 264 g/mol. The zero-order valence-electron chi connectivity index (χ0n) is 11.5. The average Bonchev–Trinajstić information content (AvgIpc) is 2.46. The number of rotatable bonds is 3. The zero-order chi connectivity index (χ0) is 13.8. The van der Waals surface area contributed by atoms with Gasteiger partial charge in [0.15, 0.2) is 0 Å². The number of nitrogens with one attached hydrogen (secondary N) is 1. The van der Waals surface area contributed by atoms with Crippen LogP contribution in [0, 0.1) is 5.82 Å². The molecule has 1 aliphatic rings. The Bertz CT molecular complexity index is 442. The molecule has 1 amide bonds. The van der Waals surface area contributed by atoms with Crippen molar-refractivity contribution in [1.82, 2.24) is 10.2 Å². The Labute approximate surface area is 113 Å². The van der Waals surface area contributed by atoms with Crippen molar-refractivity contribution in [2.45, 2.75) is 37.8 Å². The molecule has 1 aromatic rings. The van der Waals surface area contributed by atoms with Crippen molar-refractivity contribution in [2.24, 2.45) is 0 Å². The minimum atomic E-state index is -0.441. The van der Waals surface area contributed by atoms with Gasteiger partial charge in [0.25, 0.3) is 5.91 Å². The molecule has 1 fully saturated rings. The van der Waals surface area contributed by atoms with E-state index in [1.807, 2.05) is 7.05 Å². The van der Waals surface area contributed by atoms with Crippen LogP contribution in [-0.4, -0.2) is 37.0 Å². The van der Waals surface area contributed by atoms with Crippen molar-refractivity contribution in [2.75, 3.05) is 14.1 Å². The van der Waals surface area contributed by atoms with Crippen LogP contribution in [0.3, 0.4) is 0 Å². The van der Waals surface area contributed by atoms with E-state index in [0.29, 0.717) is 6.04 Å². The summed E-state index contributed by atoms with van der Waals surface area (Å²) < 4.78 is 13.6. The van der Waals surface area contributed by atoms with E-state index in [9.17, 15) is 9.18 Å². The molecule has 2 rings (SSSR count). The fourth-order valence-corrected chi connectivity index (χ4v) is 2.74. The third-order valence-electron chi connectivity index (χ3n) is 4.08. The van der Waals surface area contributed by atoms with Crippen molar-refractivity contribution in [3.63, 3.8) is 0 Å². The van der Waals surface area contributed by atoms with Gasteiger partial charge < -0.3 is 10.2 Å². The lowest BCUT2D eigenvalue weighted by Gasteiger charge is -2.34. The van der Waals surface area contributed by atoms with E-state index in [4.69, 9.17) is 0 Å². The van der Waals surface area contributed by atoms with E-state index in [-0.39, 0.29) is 17.5 Å². The highest BCUT2D eigenvalue weighted by Gasteiger charge is 2.27. The molecule has 0 bridgehead atoms. The Morgan fingerprint density at radius 3 is 2.47 bits per heavy atom. The van der Waals surface area contributed by atoms with Gasteiger partial charge in [-0.2, -0.15) is 0 Å². The van der Waals surface area contributed by atoms with Gasteiger partial charge >= 0.3 is 0 Å². The first-order valence-corrected chi connectivity index (χ1v) is 6.82. The number of hydrogen-bond donors (Lipinski definition) is 1. The van der Waals surface area contributed by atoms with Crippen molar-refractivity contribution >= 4 is 5.91 Å². The van der Waals surface area contributed by atoms with Gasteiger partial charge in [0.05, 0.1) is 5.56 Å². The van der Waals surface area contributed by atoms with Gasteiger partial charge in [0.1, 0.15) is 5.82 Å². The molecular weight excluding hydrogens is 243 g/mol. The van der Waals surface area contributed by atoms with Crippen LogP contribution < -0.4 is 5.32 Å². The summed E-state index contributed by atoms with van der Waals surface area (Å²) in [6.45, 7) is 0. The summed E-state index contributed by atoms with van der Waals surface area (Å²) in [6, 6.07) is 6.95. The number of hydrogen-bond acceptors (Lipinski definition) is 2. The Kier molecular flexibility index (Phi) is 4.53. The van der Waals surface area contributed by atoms with Gasteiger partial charge in [-0.3, -0.25) is 4.79 Å². The molecule has 0 aliphatic heterocycles. The molecule has 0 heterocycles. The Morgan fingerprint density at radius 2 is 1.89 bits per heavy atom. The number of amides is 1. The molecule has 0 aromatic heterocycles. The molecule has 1 saturated carbocycles. The van der Waals surface area contributed by atoms with Crippen LogP contribution in [0.1, 0.15) is 36.0 Å². The number of benzene rings is 1. The Morgan fingerprint density at radius 1 is 1.26 bits per heavy atom. The molecule has 104 valence electrons. The maximum absolute atomic E-state index is 13.6. The third-order valence-corrected chi connectivity index (χ3v) is 4.08. The molecular formula is C15H21FN2O. The maximum atomic E-state index is 13.6. The molecule has 3 nitrogen and oxygen atoms in total. The smallest absolute Gasteiger partial charge is 0.256 e. The largest absolute Gasteiger partial charge is 0.339 e. The van der Waals surface area contributed by atoms with Gasteiger partial charge in [0.2, 0.25) is 0 Å². The standard InChI is InChI=1S/C15H21FN2O/c1-17-11-7-9-12(10-8-11)18(2)15(19)13-5-3-4-6-14(13)16/h3-6,11-12,17H,7-10H2,1-2H3. The third kappa shape index (κ3) is 3.13. The molecule has 0 saturated heterocycles. The molecule has 1 aliphatic carbocycles. The summed E-state index contributed by atoms with van der Waals surface area (Å²) in [4.78, 5) is 14.0. The minimum absolute atomic E-state index is 0.167. The first-order chi connectivity index (χ1) is 9.13. The van der Waals surface area contributed by atoms with Crippen LogP contribution in [-0.2, 0) is 0 Å². The number of carbonyl (C=O) groups excluding carboxylic acids is 1. The van der Waals surface area contributed by atoms with E-state index >= 15 is 0 Å². The second-order valence-electron chi connectivity index (χ2n) is 5.19. The molecule has 0 unspecified atom stereocenters. The summed E-state index contributed by atoms with van der Waals surface area (Å²) in [5.41, 5.74) is 0.167. The van der Waals surface area contributed by atoms with Gasteiger partial charge in [-0.15, -0.1) is 0 Å². The van der Waals surface area contributed by atoms with Crippen molar-refractivity contribution < 1.29 is 9.18 Å². The topological polar surface area (TPSA) is 32.3 Å². The van der Waals surface area contributed by atoms with Crippen LogP contribution in [0.15, 0.2) is 24.3 Å². The number of nitrogens with zero attached hydrogens (tertiary/aromatic N) is 1. The zero-order valence-corrected chi connectivity index (χ0v) is 11.5. The van der Waals surface area contributed by atoms with E-state index in [2.05, 4.69) is 5.32 Å². The van der Waals surface area contributed by atoms with E-state index < -0.39 is 5.82 Å². The van der Waals surface area contributed by atoms with Gasteiger partial charge in [0, 0.05) is 19.1 Å². The summed E-state index contributed by atoms with van der Waals surface area (Å²) >= 11 is 0. The Hall–Kier alpha value is -1.42. The highest BCUT2D eigenvalue weighted by Crippen LogP contribution is 2.23.